The van der Waals surface area contributed by atoms with Gasteiger partial charge < -0.3 is 4.74 Å². The Morgan fingerprint density at radius 1 is 1.38 bits per heavy atom. The zero-order chi connectivity index (χ0) is 9.68. The standard InChI is InChI=1S/C11H9O2/c1-3-9-5-7-10(8-6-9)13-11(12)4-2/h1,3-8H,2H2. The maximum Gasteiger partial charge on any atom is 0.335 e. The molecule has 0 saturated carbocycles. The monoisotopic (exact) mass is 173 g/mol. The Balaban J connectivity index is 2.74. The van der Waals surface area contributed by atoms with Crippen molar-refractivity contribution in [2.45, 2.75) is 0 Å². The second kappa shape index (κ2) is 4.26. The van der Waals surface area contributed by atoms with E-state index in [1.54, 1.807) is 24.3 Å². The molecule has 0 aliphatic carbocycles. The summed E-state index contributed by atoms with van der Waals surface area (Å²) >= 11 is 0. The molecule has 1 aromatic carbocycles. The van der Waals surface area contributed by atoms with Gasteiger partial charge in [0.2, 0.25) is 0 Å². The lowest BCUT2D eigenvalue weighted by atomic mass is 10.2. The third-order valence-electron chi connectivity index (χ3n) is 1.46. The molecule has 0 N–H and O–H groups in total. The zero-order valence-electron chi connectivity index (χ0n) is 7.07. The smallest absolute Gasteiger partial charge is 0.335 e. The topological polar surface area (TPSA) is 26.3 Å². The minimum atomic E-state index is -0.468. The Kier molecular flexibility index (Phi) is 3.03. The van der Waals surface area contributed by atoms with Gasteiger partial charge in [0.25, 0.3) is 0 Å². The summed E-state index contributed by atoms with van der Waals surface area (Å²) in [5, 5.41) is 0. The van der Waals surface area contributed by atoms with Crippen molar-refractivity contribution < 1.29 is 9.53 Å². The van der Waals surface area contributed by atoms with Gasteiger partial charge in [0.1, 0.15) is 5.75 Å². The van der Waals surface area contributed by atoms with E-state index in [4.69, 9.17) is 11.3 Å². The molecule has 1 aromatic rings. The molecule has 0 amide bonds. The summed E-state index contributed by atoms with van der Waals surface area (Å²) in [7, 11) is 0. The van der Waals surface area contributed by atoms with Crippen molar-refractivity contribution in [3.05, 3.63) is 49.1 Å². The first kappa shape index (κ1) is 9.26. The number of benzene rings is 1. The van der Waals surface area contributed by atoms with Crippen LogP contribution in [0.2, 0.25) is 0 Å². The van der Waals surface area contributed by atoms with Gasteiger partial charge in [-0.25, -0.2) is 4.79 Å². The van der Waals surface area contributed by atoms with Gasteiger partial charge in [0.05, 0.1) is 0 Å². The van der Waals surface area contributed by atoms with Crippen molar-refractivity contribution in [1.82, 2.24) is 0 Å². The molecule has 1 radical (unpaired) electrons. The third-order valence-corrected chi connectivity index (χ3v) is 1.46. The average Bonchev–Trinajstić information content (AvgIpc) is 2.19. The lowest BCUT2D eigenvalue weighted by molar-refractivity contribution is -0.128. The quantitative estimate of drug-likeness (QED) is 0.398. The molecule has 65 valence electrons. The molecule has 0 fully saturated rings. The first-order chi connectivity index (χ1) is 6.26. The van der Waals surface area contributed by atoms with Crippen LogP contribution in [0.5, 0.6) is 5.75 Å². The van der Waals surface area contributed by atoms with E-state index >= 15 is 0 Å². The summed E-state index contributed by atoms with van der Waals surface area (Å²) in [5.41, 5.74) is 0.874. The van der Waals surface area contributed by atoms with Crippen LogP contribution >= 0.6 is 0 Å². The predicted molar refractivity (Wildman–Crippen MR) is 51.0 cm³/mol. The third kappa shape index (κ3) is 2.60. The lowest BCUT2D eigenvalue weighted by Gasteiger charge is -2.00. The molecule has 0 aromatic heterocycles. The van der Waals surface area contributed by atoms with E-state index in [2.05, 4.69) is 6.58 Å². The molecular weight excluding hydrogens is 164 g/mol. The van der Waals surface area contributed by atoms with E-state index in [0.29, 0.717) is 5.75 Å². The number of carbonyl (C=O) groups is 1. The van der Waals surface area contributed by atoms with Crippen molar-refractivity contribution >= 4 is 12.0 Å². The van der Waals surface area contributed by atoms with Crippen molar-refractivity contribution in [3.63, 3.8) is 0 Å². The van der Waals surface area contributed by atoms with Crippen LogP contribution in [0.3, 0.4) is 0 Å². The first-order valence-electron chi connectivity index (χ1n) is 3.75. The van der Waals surface area contributed by atoms with Gasteiger partial charge in [-0.1, -0.05) is 31.4 Å². The SMILES string of the molecule is [CH]=Cc1ccc(OC(=O)C=C)cc1. The fourth-order valence-electron chi connectivity index (χ4n) is 0.805. The van der Waals surface area contributed by atoms with Gasteiger partial charge in [-0.2, -0.15) is 0 Å². The Bertz CT molecular complexity index is 322. The first-order valence-corrected chi connectivity index (χ1v) is 3.75. The molecule has 0 unspecified atom stereocenters. The summed E-state index contributed by atoms with van der Waals surface area (Å²) in [5.74, 6) is 0.0139. The van der Waals surface area contributed by atoms with E-state index in [-0.39, 0.29) is 0 Å². The highest BCUT2D eigenvalue weighted by atomic mass is 16.5. The highest BCUT2D eigenvalue weighted by molar-refractivity contribution is 5.83. The van der Waals surface area contributed by atoms with Gasteiger partial charge in [-0.15, -0.1) is 0 Å². The van der Waals surface area contributed by atoms with Crippen LogP contribution in [0, 0.1) is 6.58 Å². The van der Waals surface area contributed by atoms with E-state index in [9.17, 15) is 4.79 Å². The van der Waals surface area contributed by atoms with E-state index in [0.717, 1.165) is 11.6 Å². The number of hydrogen-bond donors (Lipinski definition) is 0. The van der Waals surface area contributed by atoms with Crippen LogP contribution in [-0.4, -0.2) is 5.97 Å². The number of esters is 1. The summed E-state index contributed by atoms with van der Waals surface area (Å²) in [4.78, 5) is 10.8. The molecular formula is C11H9O2. The van der Waals surface area contributed by atoms with Gasteiger partial charge in [-0.3, -0.25) is 0 Å². The molecule has 0 atom stereocenters. The van der Waals surface area contributed by atoms with Crippen LogP contribution in [0.1, 0.15) is 5.56 Å². The Labute approximate surface area is 77.2 Å². The fourth-order valence-corrected chi connectivity index (χ4v) is 0.805. The zero-order valence-corrected chi connectivity index (χ0v) is 7.07. The molecule has 13 heavy (non-hydrogen) atoms. The van der Waals surface area contributed by atoms with Crippen LogP contribution in [0.4, 0.5) is 0 Å². The predicted octanol–water partition coefficient (Wildman–Crippen LogP) is 2.22. The van der Waals surface area contributed by atoms with Gasteiger partial charge in [-0.05, 0) is 17.7 Å². The lowest BCUT2D eigenvalue weighted by Crippen LogP contribution is -2.02. The van der Waals surface area contributed by atoms with Crippen LogP contribution in [0.15, 0.2) is 36.9 Å². The molecule has 0 aliphatic heterocycles. The fraction of sp³-hybridized carbons (Fsp3) is 0. The number of ether oxygens (including phenoxy) is 1. The summed E-state index contributed by atoms with van der Waals surface area (Å²) in [6.45, 7) is 8.57. The largest absolute Gasteiger partial charge is 0.423 e. The summed E-state index contributed by atoms with van der Waals surface area (Å²) in [6, 6.07) is 6.84. The van der Waals surface area contributed by atoms with Gasteiger partial charge in [0, 0.05) is 6.08 Å². The Morgan fingerprint density at radius 2 is 2.00 bits per heavy atom. The molecule has 2 nitrogen and oxygen atoms in total. The Hall–Kier alpha value is -1.83. The van der Waals surface area contributed by atoms with Crippen LogP contribution < -0.4 is 4.74 Å². The highest BCUT2D eigenvalue weighted by Crippen LogP contribution is 2.12. The molecule has 1 rings (SSSR count). The maximum absolute atomic E-state index is 10.8. The highest BCUT2D eigenvalue weighted by Gasteiger charge is 1.97. The minimum absolute atomic E-state index is 0.468. The molecule has 0 heterocycles. The number of hydrogen-bond acceptors (Lipinski definition) is 2. The van der Waals surface area contributed by atoms with Crippen molar-refractivity contribution in [2.24, 2.45) is 0 Å². The second-order valence-electron chi connectivity index (χ2n) is 2.36. The van der Waals surface area contributed by atoms with Gasteiger partial charge in [0.15, 0.2) is 0 Å². The number of rotatable bonds is 3. The van der Waals surface area contributed by atoms with E-state index in [1.165, 1.54) is 6.08 Å². The minimum Gasteiger partial charge on any atom is -0.423 e. The maximum atomic E-state index is 10.8. The molecule has 2 heteroatoms. The van der Waals surface area contributed by atoms with Crippen molar-refractivity contribution in [1.29, 1.82) is 0 Å². The number of carbonyl (C=O) groups excluding carboxylic acids is 1. The van der Waals surface area contributed by atoms with Crippen molar-refractivity contribution in [3.8, 4) is 5.75 Å². The second-order valence-corrected chi connectivity index (χ2v) is 2.36. The Morgan fingerprint density at radius 3 is 2.46 bits per heavy atom. The average molecular weight is 173 g/mol. The molecule has 0 aliphatic rings. The molecule has 0 bridgehead atoms. The summed E-state index contributed by atoms with van der Waals surface area (Å²) in [6.07, 6.45) is 2.59. The van der Waals surface area contributed by atoms with E-state index in [1.807, 2.05) is 0 Å². The van der Waals surface area contributed by atoms with Crippen LogP contribution in [0.25, 0.3) is 6.08 Å². The molecule has 0 saturated heterocycles. The van der Waals surface area contributed by atoms with Crippen LogP contribution in [-0.2, 0) is 4.79 Å². The van der Waals surface area contributed by atoms with Gasteiger partial charge >= 0.3 is 5.97 Å². The normalized spacial score (nSPS) is 8.92. The van der Waals surface area contributed by atoms with Crippen molar-refractivity contribution in [2.75, 3.05) is 0 Å². The summed E-state index contributed by atoms with van der Waals surface area (Å²) < 4.78 is 4.85. The van der Waals surface area contributed by atoms with E-state index < -0.39 is 5.97 Å². The molecule has 0 spiro atoms.